The Hall–Kier alpha value is -6.94. The van der Waals surface area contributed by atoms with Gasteiger partial charge in [-0.3, -0.25) is 18.4 Å². The first kappa shape index (κ1) is 28.6. The maximum atomic E-state index is 17.0. The second-order valence-corrected chi connectivity index (χ2v) is 14.5. The highest BCUT2D eigenvalue weighted by molar-refractivity contribution is 6.41. The molecule has 6 nitrogen and oxygen atoms in total. The largest absolute Gasteiger partial charge is 0.268 e. The minimum absolute atomic E-state index is 0.0539. The number of imidazole rings is 2. The number of nitrogens with zero attached hydrogens (tertiary/aromatic N) is 4. The Bertz CT molecular complexity index is 3840. The van der Waals surface area contributed by atoms with Crippen molar-refractivity contribution in [1.82, 2.24) is 18.8 Å². The predicted molar refractivity (Wildman–Crippen MR) is 203 cm³/mol. The summed E-state index contributed by atoms with van der Waals surface area (Å²) < 4.78 is 70.3. The van der Waals surface area contributed by atoms with E-state index in [1.165, 1.54) is 20.9 Å². The lowest BCUT2D eigenvalue weighted by Crippen LogP contribution is -2.18. The Morgan fingerprint density at radius 3 is 1.78 bits per heavy atom. The van der Waals surface area contributed by atoms with Crippen molar-refractivity contribution in [3.63, 3.8) is 0 Å². The molecule has 0 amide bonds. The van der Waals surface area contributed by atoms with Gasteiger partial charge in [0.25, 0.3) is 11.1 Å². The van der Waals surface area contributed by atoms with Crippen molar-refractivity contribution in [1.29, 1.82) is 0 Å². The highest BCUT2D eigenvalue weighted by Gasteiger charge is 2.32. The van der Waals surface area contributed by atoms with Crippen molar-refractivity contribution in [3.8, 4) is 0 Å². The standard InChI is InChI=1S/C44H18F4N4O2/c45-25-13-21-33-23(43(53)51-31-11-19-7-3-1-5-17(19)9-29(31)49-41(21)51)15-27(47)37-36-26(46)14-22-34-24(16-28(48)38(40(34)36)35(25)39(33)37)44(54)52-32-12-20-8-4-2-6-18(20)10-30(32)50-42(22)52/h1-9,11-16,18H,10H2. The normalized spacial score (nSPS) is 16.0. The molecular formula is C44H18F4N4O2. The summed E-state index contributed by atoms with van der Waals surface area (Å²) in [7, 11) is 0. The summed E-state index contributed by atoms with van der Waals surface area (Å²) in [5.41, 5.74) is 2.23. The highest BCUT2D eigenvalue weighted by Crippen LogP contribution is 2.49. The van der Waals surface area contributed by atoms with Crippen LogP contribution in [-0.2, 0) is 6.42 Å². The lowest BCUT2D eigenvalue weighted by Gasteiger charge is -2.21. The summed E-state index contributed by atoms with van der Waals surface area (Å²) in [6.45, 7) is 0. The van der Waals surface area contributed by atoms with Gasteiger partial charge < -0.3 is 0 Å². The van der Waals surface area contributed by atoms with Gasteiger partial charge >= 0.3 is 0 Å². The van der Waals surface area contributed by atoms with Gasteiger partial charge in [-0.05, 0) is 58.8 Å². The zero-order chi connectivity index (χ0) is 36.0. The molecule has 0 aliphatic heterocycles. The van der Waals surface area contributed by atoms with Gasteiger partial charge in [0.2, 0.25) is 0 Å². The van der Waals surface area contributed by atoms with Crippen LogP contribution in [0.2, 0.25) is 0 Å². The van der Waals surface area contributed by atoms with Crippen molar-refractivity contribution in [3.05, 3.63) is 146 Å². The third kappa shape index (κ3) is 3.13. The number of fused-ring (bicyclic) bond motifs is 12. The fraction of sp³-hybridized carbons (Fsp3) is 0.0455. The van der Waals surface area contributed by atoms with Crippen molar-refractivity contribution in [2.24, 2.45) is 5.92 Å². The SMILES string of the molecule is O=c1c2cc(F)c3c4c(F)cc5c6c(cc(F)c(c7c(F)cc(c2c73)c2nc3c(n12)C=C1C=CC=CC1C3)c46)c(=O)n1c2cc3ccccc3cc2nc51. The van der Waals surface area contributed by atoms with Crippen molar-refractivity contribution in [2.75, 3.05) is 0 Å². The van der Waals surface area contributed by atoms with Crippen molar-refractivity contribution < 1.29 is 17.6 Å². The number of benzene rings is 7. The Morgan fingerprint density at radius 1 is 0.593 bits per heavy atom. The molecule has 11 aromatic rings. The van der Waals surface area contributed by atoms with Gasteiger partial charge in [0, 0.05) is 66.2 Å². The Kier molecular flexibility index (Phi) is 4.85. The fourth-order valence-electron chi connectivity index (χ4n) is 9.67. The van der Waals surface area contributed by atoms with Crippen LogP contribution in [0.15, 0.2) is 100 Å². The van der Waals surface area contributed by atoms with E-state index in [1.54, 1.807) is 0 Å². The lowest BCUT2D eigenvalue weighted by molar-refractivity contribution is 0.630. The van der Waals surface area contributed by atoms with Crippen LogP contribution >= 0.6 is 0 Å². The van der Waals surface area contributed by atoms with Crippen molar-refractivity contribution >= 4 is 104 Å². The minimum atomic E-state index is -0.984. The number of hydrogen-bond acceptors (Lipinski definition) is 4. The lowest BCUT2D eigenvalue weighted by atomic mass is 9.85. The molecule has 10 heteroatoms. The molecule has 54 heavy (non-hydrogen) atoms. The molecule has 0 fully saturated rings. The first-order valence-corrected chi connectivity index (χ1v) is 17.4. The number of rotatable bonds is 0. The third-order valence-corrected chi connectivity index (χ3v) is 11.9. The van der Waals surface area contributed by atoms with E-state index in [0.717, 1.165) is 28.5 Å². The van der Waals surface area contributed by atoms with Crippen LogP contribution in [0.1, 0.15) is 11.4 Å². The van der Waals surface area contributed by atoms with Gasteiger partial charge in [0.15, 0.2) is 0 Å². The summed E-state index contributed by atoms with van der Waals surface area (Å²) in [5, 5.41) is 0.817. The number of hydrogen-bond donors (Lipinski definition) is 0. The first-order chi connectivity index (χ1) is 26.3. The maximum absolute atomic E-state index is 17.0. The van der Waals surface area contributed by atoms with Gasteiger partial charge in [-0.25, -0.2) is 27.5 Å². The molecule has 4 heterocycles. The topological polar surface area (TPSA) is 68.7 Å². The molecule has 0 saturated carbocycles. The zero-order valence-electron chi connectivity index (χ0n) is 27.6. The van der Waals surface area contributed by atoms with E-state index in [4.69, 9.17) is 9.97 Å². The predicted octanol–water partition coefficient (Wildman–Crippen LogP) is 9.48. The summed E-state index contributed by atoms with van der Waals surface area (Å²) in [6.07, 6.45) is 10.2. The molecule has 7 aromatic carbocycles. The average Bonchev–Trinajstić information content (AvgIpc) is 3.73. The first-order valence-electron chi connectivity index (χ1n) is 17.4. The fourth-order valence-corrected chi connectivity index (χ4v) is 9.67. The molecule has 0 spiro atoms. The van der Waals surface area contributed by atoms with Crippen LogP contribution < -0.4 is 11.1 Å². The molecule has 254 valence electrons. The van der Waals surface area contributed by atoms with Crippen LogP contribution in [0.5, 0.6) is 0 Å². The van der Waals surface area contributed by atoms with E-state index in [0.29, 0.717) is 28.8 Å². The quantitative estimate of drug-likeness (QED) is 0.0894. The molecule has 1 unspecified atom stereocenters. The Morgan fingerprint density at radius 2 is 1.15 bits per heavy atom. The molecule has 0 saturated heterocycles. The van der Waals surface area contributed by atoms with Gasteiger partial charge in [-0.15, -0.1) is 0 Å². The monoisotopic (exact) mass is 710 g/mol. The van der Waals surface area contributed by atoms with Crippen LogP contribution in [0.3, 0.4) is 0 Å². The molecule has 0 N–H and O–H groups in total. The van der Waals surface area contributed by atoms with Crippen LogP contribution in [0.4, 0.5) is 17.6 Å². The number of pyridine rings is 2. The average molecular weight is 711 g/mol. The van der Waals surface area contributed by atoms with Crippen molar-refractivity contribution in [2.45, 2.75) is 6.42 Å². The van der Waals surface area contributed by atoms with Crippen LogP contribution in [0, 0.1) is 29.2 Å². The molecule has 0 bridgehead atoms. The van der Waals surface area contributed by atoms with E-state index in [9.17, 15) is 9.59 Å². The molecule has 13 rings (SSSR count). The Labute approximate surface area is 297 Å². The van der Waals surface area contributed by atoms with Crippen LogP contribution in [0.25, 0.3) is 104 Å². The van der Waals surface area contributed by atoms with E-state index < -0.39 is 34.4 Å². The highest BCUT2D eigenvalue weighted by atomic mass is 19.1. The van der Waals surface area contributed by atoms with Gasteiger partial charge in [-0.2, -0.15) is 0 Å². The molecule has 2 aliphatic carbocycles. The summed E-state index contributed by atoms with van der Waals surface area (Å²) in [4.78, 5) is 38.3. The maximum Gasteiger partial charge on any atom is 0.264 e. The molecule has 4 aromatic heterocycles. The molecule has 2 aliphatic rings. The minimum Gasteiger partial charge on any atom is -0.268 e. The number of halogens is 4. The number of aromatic nitrogens is 4. The van der Waals surface area contributed by atoms with E-state index >= 15 is 17.6 Å². The zero-order valence-corrected chi connectivity index (χ0v) is 27.6. The van der Waals surface area contributed by atoms with Gasteiger partial charge in [0.05, 0.1) is 33.2 Å². The third-order valence-electron chi connectivity index (χ3n) is 11.9. The number of allylic oxidation sites excluding steroid dienone is 5. The van der Waals surface area contributed by atoms with E-state index in [-0.39, 0.29) is 81.8 Å². The molecule has 0 radical (unpaired) electrons. The van der Waals surface area contributed by atoms with E-state index in [2.05, 4.69) is 0 Å². The van der Waals surface area contributed by atoms with E-state index in [1.807, 2.05) is 66.8 Å². The van der Waals surface area contributed by atoms with Crippen LogP contribution in [-0.4, -0.2) is 18.8 Å². The summed E-state index contributed by atoms with van der Waals surface area (Å²) in [6, 6.07) is 15.7. The summed E-state index contributed by atoms with van der Waals surface area (Å²) in [5.74, 6) is -3.72. The van der Waals surface area contributed by atoms with Gasteiger partial charge in [-0.1, -0.05) is 48.6 Å². The molecular weight excluding hydrogens is 693 g/mol. The smallest absolute Gasteiger partial charge is 0.264 e. The molecule has 1 atom stereocenters. The second-order valence-electron chi connectivity index (χ2n) is 14.5. The Balaban J connectivity index is 1.24. The second kappa shape index (κ2) is 9.16. The van der Waals surface area contributed by atoms with Gasteiger partial charge in [0.1, 0.15) is 34.6 Å². The summed E-state index contributed by atoms with van der Waals surface area (Å²) >= 11 is 0.